The van der Waals surface area contributed by atoms with Gasteiger partial charge in [0, 0.05) is 6.42 Å². The second kappa shape index (κ2) is 5.54. The number of hydrogen-bond acceptors (Lipinski definition) is 2. The van der Waals surface area contributed by atoms with Gasteiger partial charge in [0.2, 0.25) is 0 Å². The molecule has 0 aromatic heterocycles. The first kappa shape index (κ1) is 14.0. The Morgan fingerprint density at radius 3 is 2.47 bits per heavy atom. The molecular formula is C15H24O2. The molecule has 0 heterocycles. The van der Waals surface area contributed by atoms with E-state index in [1.165, 1.54) is 5.56 Å². The van der Waals surface area contributed by atoms with E-state index in [1.54, 1.807) is 7.11 Å². The second-order valence-electron chi connectivity index (χ2n) is 5.94. The van der Waals surface area contributed by atoms with E-state index >= 15 is 0 Å². The van der Waals surface area contributed by atoms with Crippen LogP contribution in [0.5, 0.6) is 5.75 Å². The maximum Gasteiger partial charge on any atom is 0.122 e. The van der Waals surface area contributed by atoms with Crippen LogP contribution in [-0.2, 0) is 6.42 Å². The van der Waals surface area contributed by atoms with E-state index in [-0.39, 0.29) is 11.5 Å². The quantitative estimate of drug-likeness (QED) is 0.868. The van der Waals surface area contributed by atoms with Crippen molar-refractivity contribution in [2.45, 2.75) is 46.6 Å². The molecule has 1 N–H and O–H groups in total. The normalized spacial score (nSPS) is 13.5. The molecule has 0 bridgehead atoms. The fourth-order valence-corrected chi connectivity index (χ4v) is 2.10. The molecule has 0 fully saturated rings. The molecule has 17 heavy (non-hydrogen) atoms. The summed E-state index contributed by atoms with van der Waals surface area (Å²) in [4.78, 5) is 0. The van der Waals surface area contributed by atoms with Crippen molar-refractivity contribution in [3.63, 3.8) is 0 Å². The smallest absolute Gasteiger partial charge is 0.122 e. The molecule has 0 aliphatic heterocycles. The van der Waals surface area contributed by atoms with Gasteiger partial charge in [-0.15, -0.1) is 0 Å². The highest BCUT2D eigenvalue weighted by Gasteiger charge is 2.18. The van der Waals surface area contributed by atoms with Crippen molar-refractivity contribution in [2.24, 2.45) is 5.41 Å². The third-order valence-electron chi connectivity index (χ3n) is 2.74. The number of benzene rings is 1. The van der Waals surface area contributed by atoms with Crippen LogP contribution in [0.25, 0.3) is 0 Å². The molecule has 0 aliphatic rings. The summed E-state index contributed by atoms with van der Waals surface area (Å²) in [7, 11) is 1.67. The summed E-state index contributed by atoms with van der Waals surface area (Å²) in [5.41, 5.74) is 2.43. The molecule has 1 atom stereocenters. The van der Waals surface area contributed by atoms with Gasteiger partial charge in [-0.1, -0.05) is 38.5 Å². The molecular weight excluding hydrogens is 212 g/mol. The zero-order valence-electron chi connectivity index (χ0n) is 11.6. The second-order valence-corrected chi connectivity index (χ2v) is 5.94. The predicted molar refractivity (Wildman–Crippen MR) is 71.5 cm³/mol. The molecule has 1 aromatic carbocycles. The molecule has 0 radical (unpaired) electrons. The lowest BCUT2D eigenvalue weighted by Crippen LogP contribution is -2.20. The van der Waals surface area contributed by atoms with E-state index in [0.717, 1.165) is 17.7 Å². The molecule has 0 saturated carbocycles. The molecule has 0 spiro atoms. The Morgan fingerprint density at radius 1 is 1.29 bits per heavy atom. The van der Waals surface area contributed by atoms with Crippen molar-refractivity contribution in [3.05, 3.63) is 29.3 Å². The number of aryl methyl sites for hydroxylation is 1. The third kappa shape index (κ3) is 4.78. The van der Waals surface area contributed by atoms with Crippen LogP contribution in [0.15, 0.2) is 18.2 Å². The number of rotatable bonds is 4. The Morgan fingerprint density at radius 2 is 1.94 bits per heavy atom. The molecule has 2 nitrogen and oxygen atoms in total. The number of aliphatic hydroxyl groups is 1. The highest BCUT2D eigenvalue weighted by Crippen LogP contribution is 2.26. The van der Waals surface area contributed by atoms with Crippen molar-refractivity contribution in [1.29, 1.82) is 0 Å². The van der Waals surface area contributed by atoms with Gasteiger partial charge in [-0.2, -0.15) is 0 Å². The summed E-state index contributed by atoms with van der Waals surface area (Å²) in [6.07, 6.45) is 1.14. The molecule has 0 aliphatic carbocycles. The Hall–Kier alpha value is -1.02. The highest BCUT2D eigenvalue weighted by molar-refractivity contribution is 5.37. The van der Waals surface area contributed by atoms with Crippen LogP contribution in [0.4, 0.5) is 0 Å². The summed E-state index contributed by atoms with van der Waals surface area (Å²) in [5, 5.41) is 10.1. The van der Waals surface area contributed by atoms with Gasteiger partial charge in [-0.3, -0.25) is 0 Å². The zero-order chi connectivity index (χ0) is 13.1. The standard InChI is InChI=1S/C15H24O2/c1-11-6-7-14(17-5)12(8-11)9-13(16)10-15(2,3)4/h6-8,13,16H,9-10H2,1-5H3. The molecule has 0 amide bonds. The fourth-order valence-electron chi connectivity index (χ4n) is 2.10. The van der Waals surface area contributed by atoms with Gasteiger partial charge in [0.15, 0.2) is 0 Å². The van der Waals surface area contributed by atoms with Gasteiger partial charge < -0.3 is 9.84 Å². The first-order valence-electron chi connectivity index (χ1n) is 6.13. The topological polar surface area (TPSA) is 29.5 Å². The van der Waals surface area contributed by atoms with Crippen LogP contribution in [0.2, 0.25) is 0 Å². The molecule has 1 aromatic rings. The SMILES string of the molecule is COc1ccc(C)cc1CC(O)CC(C)(C)C. The zero-order valence-corrected chi connectivity index (χ0v) is 11.6. The van der Waals surface area contributed by atoms with E-state index in [9.17, 15) is 5.11 Å². The Kier molecular flexibility index (Phi) is 4.58. The third-order valence-corrected chi connectivity index (χ3v) is 2.74. The molecule has 1 unspecified atom stereocenters. The highest BCUT2D eigenvalue weighted by atomic mass is 16.5. The van der Waals surface area contributed by atoms with Crippen molar-refractivity contribution in [1.82, 2.24) is 0 Å². The van der Waals surface area contributed by atoms with Crippen LogP contribution < -0.4 is 4.74 Å². The number of aliphatic hydroxyl groups excluding tert-OH is 1. The summed E-state index contributed by atoms with van der Waals surface area (Å²) < 4.78 is 5.32. The predicted octanol–water partition coefficient (Wildman–Crippen LogP) is 3.34. The monoisotopic (exact) mass is 236 g/mol. The lowest BCUT2D eigenvalue weighted by Gasteiger charge is -2.23. The number of ether oxygens (including phenoxy) is 1. The molecule has 1 rings (SSSR count). The Balaban J connectivity index is 2.76. The Labute approximate surface area is 105 Å². The van der Waals surface area contributed by atoms with Gasteiger partial charge in [-0.25, -0.2) is 0 Å². The summed E-state index contributed by atoms with van der Waals surface area (Å²) in [6.45, 7) is 8.48. The van der Waals surface area contributed by atoms with Crippen molar-refractivity contribution in [3.8, 4) is 5.75 Å². The summed E-state index contributed by atoms with van der Waals surface area (Å²) >= 11 is 0. The lowest BCUT2D eigenvalue weighted by molar-refractivity contribution is 0.121. The maximum atomic E-state index is 10.1. The molecule has 96 valence electrons. The van der Waals surface area contributed by atoms with Crippen molar-refractivity contribution < 1.29 is 9.84 Å². The summed E-state index contributed by atoms with van der Waals surface area (Å²) in [5.74, 6) is 0.864. The Bertz CT molecular complexity index is 364. The van der Waals surface area contributed by atoms with Crippen LogP contribution in [0, 0.1) is 12.3 Å². The number of methoxy groups -OCH3 is 1. The summed E-state index contributed by atoms with van der Waals surface area (Å²) in [6, 6.07) is 6.08. The van der Waals surface area contributed by atoms with E-state index in [1.807, 2.05) is 12.1 Å². The maximum absolute atomic E-state index is 10.1. The van der Waals surface area contributed by atoms with Crippen molar-refractivity contribution in [2.75, 3.05) is 7.11 Å². The number of hydrogen-bond donors (Lipinski definition) is 1. The minimum Gasteiger partial charge on any atom is -0.496 e. The average Bonchev–Trinajstić information content (AvgIpc) is 2.14. The minimum absolute atomic E-state index is 0.149. The van der Waals surface area contributed by atoms with Crippen LogP contribution in [-0.4, -0.2) is 18.3 Å². The van der Waals surface area contributed by atoms with E-state index in [4.69, 9.17) is 4.74 Å². The van der Waals surface area contributed by atoms with Crippen LogP contribution >= 0.6 is 0 Å². The minimum atomic E-state index is -0.314. The first-order chi connectivity index (χ1) is 7.81. The largest absolute Gasteiger partial charge is 0.496 e. The van der Waals surface area contributed by atoms with Gasteiger partial charge >= 0.3 is 0 Å². The first-order valence-corrected chi connectivity index (χ1v) is 6.13. The molecule has 2 heteroatoms. The van der Waals surface area contributed by atoms with E-state index in [0.29, 0.717) is 6.42 Å². The van der Waals surface area contributed by atoms with E-state index < -0.39 is 0 Å². The van der Waals surface area contributed by atoms with Gasteiger partial charge in [-0.05, 0) is 30.4 Å². The average molecular weight is 236 g/mol. The fraction of sp³-hybridized carbons (Fsp3) is 0.600. The van der Waals surface area contributed by atoms with Gasteiger partial charge in [0.05, 0.1) is 13.2 Å². The van der Waals surface area contributed by atoms with Gasteiger partial charge in [0.25, 0.3) is 0 Å². The van der Waals surface area contributed by atoms with Crippen molar-refractivity contribution >= 4 is 0 Å². The van der Waals surface area contributed by atoms with Crippen LogP contribution in [0.1, 0.15) is 38.3 Å². The van der Waals surface area contributed by atoms with Crippen LogP contribution in [0.3, 0.4) is 0 Å². The lowest BCUT2D eigenvalue weighted by atomic mass is 9.87. The van der Waals surface area contributed by atoms with E-state index in [2.05, 4.69) is 33.8 Å². The van der Waals surface area contributed by atoms with Gasteiger partial charge in [0.1, 0.15) is 5.75 Å². The molecule has 0 saturated heterocycles.